The molecule has 0 spiro atoms. The number of aromatic nitrogens is 2. The Bertz CT molecular complexity index is 1480. The molecule has 2 saturated heterocycles. The summed E-state index contributed by atoms with van der Waals surface area (Å²) in [6.07, 6.45) is 3.03. The Hall–Kier alpha value is -4.49. The van der Waals surface area contributed by atoms with Gasteiger partial charge in [-0.3, -0.25) is 14.4 Å². The first-order chi connectivity index (χ1) is 21.3. The van der Waals surface area contributed by atoms with Crippen molar-refractivity contribution < 1.29 is 28.6 Å². The van der Waals surface area contributed by atoms with Crippen LogP contribution in [0.2, 0.25) is 5.02 Å². The fourth-order valence-corrected chi connectivity index (χ4v) is 5.24. The van der Waals surface area contributed by atoms with Crippen LogP contribution in [0.5, 0.6) is 0 Å². The first-order valence-electron chi connectivity index (χ1n) is 14.4. The lowest BCUT2D eigenvalue weighted by Gasteiger charge is -2.36. The first kappa shape index (κ1) is 31.0. The van der Waals surface area contributed by atoms with E-state index in [1.165, 1.54) is 24.4 Å². The molecule has 232 valence electrons. The van der Waals surface area contributed by atoms with Gasteiger partial charge in [0, 0.05) is 63.3 Å². The molecule has 2 aromatic carbocycles. The van der Waals surface area contributed by atoms with Crippen molar-refractivity contribution in [2.24, 2.45) is 0 Å². The van der Waals surface area contributed by atoms with E-state index in [0.29, 0.717) is 39.3 Å². The maximum Gasteiger partial charge on any atom is 0.303 e. The zero-order valence-corrected chi connectivity index (χ0v) is 24.6. The molecule has 0 aliphatic carbocycles. The van der Waals surface area contributed by atoms with Crippen LogP contribution >= 0.6 is 11.6 Å². The quantitative estimate of drug-likeness (QED) is 0.242. The maximum atomic E-state index is 14.3. The number of rotatable bonds is 11. The number of anilines is 5. The van der Waals surface area contributed by atoms with Gasteiger partial charge >= 0.3 is 5.97 Å². The van der Waals surface area contributed by atoms with Crippen LogP contribution in [0.3, 0.4) is 0 Å². The van der Waals surface area contributed by atoms with Crippen molar-refractivity contribution in [1.29, 1.82) is 0 Å². The van der Waals surface area contributed by atoms with Crippen molar-refractivity contribution in [3.05, 3.63) is 65.1 Å². The molecule has 5 rings (SSSR count). The molecule has 3 heterocycles. The number of hydrogen-bond acceptors (Lipinski definition) is 9. The largest absolute Gasteiger partial charge is 0.481 e. The molecule has 3 aromatic rings. The van der Waals surface area contributed by atoms with E-state index >= 15 is 0 Å². The number of para-hydroxylation sites is 1. The summed E-state index contributed by atoms with van der Waals surface area (Å²) in [5.41, 5.74) is 1.69. The smallest absolute Gasteiger partial charge is 0.303 e. The van der Waals surface area contributed by atoms with E-state index in [4.69, 9.17) is 21.4 Å². The summed E-state index contributed by atoms with van der Waals surface area (Å²) >= 11 is 6.10. The first-order valence-corrected chi connectivity index (χ1v) is 14.7. The van der Waals surface area contributed by atoms with E-state index in [-0.39, 0.29) is 52.9 Å². The van der Waals surface area contributed by atoms with Crippen molar-refractivity contribution in [2.75, 3.05) is 60.2 Å². The maximum absolute atomic E-state index is 14.3. The van der Waals surface area contributed by atoms with Crippen LogP contribution in [0.4, 0.5) is 33.2 Å². The summed E-state index contributed by atoms with van der Waals surface area (Å²) in [5.74, 6) is -1.89. The lowest BCUT2D eigenvalue weighted by Crippen LogP contribution is -2.48. The van der Waals surface area contributed by atoms with Gasteiger partial charge in [-0.1, -0.05) is 17.7 Å². The molecular weight excluding hydrogens is 593 g/mol. The van der Waals surface area contributed by atoms with Gasteiger partial charge in [0.15, 0.2) is 0 Å². The van der Waals surface area contributed by atoms with E-state index < -0.39 is 17.7 Å². The van der Waals surface area contributed by atoms with Crippen molar-refractivity contribution in [3.8, 4) is 0 Å². The van der Waals surface area contributed by atoms with Gasteiger partial charge < -0.3 is 35.6 Å². The molecule has 0 bridgehead atoms. The van der Waals surface area contributed by atoms with Crippen LogP contribution in [-0.2, 0) is 14.3 Å². The highest BCUT2D eigenvalue weighted by Gasteiger charge is 2.23. The molecule has 0 radical (unpaired) electrons. The van der Waals surface area contributed by atoms with Crippen LogP contribution in [-0.4, -0.2) is 83.2 Å². The van der Waals surface area contributed by atoms with E-state index in [0.717, 1.165) is 24.2 Å². The van der Waals surface area contributed by atoms with Gasteiger partial charge in [0.2, 0.25) is 11.9 Å². The zero-order chi connectivity index (χ0) is 31.1. The molecule has 2 aliphatic rings. The van der Waals surface area contributed by atoms with E-state index in [9.17, 15) is 18.8 Å². The predicted molar refractivity (Wildman–Crippen MR) is 164 cm³/mol. The second kappa shape index (κ2) is 14.3. The van der Waals surface area contributed by atoms with E-state index in [2.05, 4.69) is 30.8 Å². The molecule has 2 aliphatic heterocycles. The minimum atomic E-state index is -0.978. The third kappa shape index (κ3) is 7.91. The Morgan fingerprint density at radius 1 is 1.07 bits per heavy atom. The highest BCUT2D eigenvalue weighted by molar-refractivity contribution is 6.34. The van der Waals surface area contributed by atoms with Gasteiger partial charge in [0.1, 0.15) is 17.2 Å². The molecule has 4 N–H and O–H groups in total. The van der Waals surface area contributed by atoms with Gasteiger partial charge in [0.25, 0.3) is 5.91 Å². The number of carbonyl (C=O) groups excluding carboxylic acids is 2. The van der Waals surface area contributed by atoms with Gasteiger partial charge in [-0.25, -0.2) is 9.37 Å². The number of aliphatic carboxylic acids is 1. The summed E-state index contributed by atoms with van der Waals surface area (Å²) in [6.45, 7) is 3.43. The Balaban J connectivity index is 1.24. The summed E-state index contributed by atoms with van der Waals surface area (Å²) < 4.78 is 20.0. The normalized spacial score (nSPS) is 16.5. The van der Waals surface area contributed by atoms with E-state index in [1.807, 2.05) is 24.3 Å². The molecule has 14 heteroatoms. The summed E-state index contributed by atoms with van der Waals surface area (Å²) in [6, 6.07) is 11.8. The third-order valence-corrected chi connectivity index (χ3v) is 7.74. The number of amides is 2. The minimum absolute atomic E-state index is 0.00887. The number of carboxylic acid groups (broad SMARTS) is 1. The highest BCUT2D eigenvalue weighted by Crippen LogP contribution is 2.27. The summed E-state index contributed by atoms with van der Waals surface area (Å²) in [5, 5.41) is 17.7. The van der Waals surface area contributed by atoms with Gasteiger partial charge in [-0.05, 0) is 49.2 Å². The Morgan fingerprint density at radius 3 is 2.52 bits per heavy atom. The number of benzene rings is 2. The Kier molecular flexibility index (Phi) is 10.1. The number of ether oxygens (including phenoxy) is 1. The van der Waals surface area contributed by atoms with Gasteiger partial charge in [-0.2, -0.15) is 4.98 Å². The second-order valence-corrected chi connectivity index (χ2v) is 10.9. The lowest BCUT2D eigenvalue weighted by atomic mass is 10.2. The number of carbonyl (C=O) groups is 3. The molecule has 1 atom stereocenters. The number of hydrogen-bond donors (Lipinski definition) is 4. The number of carboxylic acids is 1. The monoisotopic (exact) mass is 625 g/mol. The number of piperazine rings is 1. The Morgan fingerprint density at radius 2 is 1.84 bits per heavy atom. The lowest BCUT2D eigenvalue weighted by molar-refractivity contribution is -0.141. The molecule has 2 fully saturated rings. The minimum Gasteiger partial charge on any atom is -0.481 e. The fourth-order valence-electron chi connectivity index (χ4n) is 5.03. The SMILES string of the molecule is O=C(O)CCC(=O)N1CCN(c2ccc(Nc3ncc(C(=O)Nc4c(F)cccc4Cl)c(NCC4CCCO4)n3)cc2)CC1. The molecule has 1 unspecified atom stereocenters. The standard InChI is InChI=1S/C30H33ClFN7O5/c31-23-4-1-5-24(32)27(23)36-29(43)22-18-34-30(37-28(22)33-17-21-3-2-16-44-21)35-19-6-8-20(9-7-19)38-12-14-39(15-13-38)25(40)10-11-26(41)42/h1,4-9,18,21H,2-3,10-17H2,(H,36,43)(H,41,42)(H2,33,34,35,37). The van der Waals surface area contributed by atoms with Crippen LogP contribution in [0.1, 0.15) is 36.0 Å². The molecule has 12 nitrogen and oxygen atoms in total. The van der Waals surface area contributed by atoms with Crippen molar-refractivity contribution >= 4 is 58.2 Å². The van der Waals surface area contributed by atoms with Crippen molar-refractivity contribution in [2.45, 2.75) is 31.8 Å². The number of halogens is 2. The molecule has 1 aromatic heterocycles. The summed E-state index contributed by atoms with van der Waals surface area (Å²) in [4.78, 5) is 48.9. The number of nitrogens with one attached hydrogen (secondary N) is 3. The molecule has 0 saturated carbocycles. The van der Waals surface area contributed by atoms with Gasteiger partial charge in [0.05, 0.1) is 23.2 Å². The van der Waals surface area contributed by atoms with E-state index in [1.54, 1.807) is 4.90 Å². The molecule has 44 heavy (non-hydrogen) atoms. The predicted octanol–water partition coefficient (Wildman–Crippen LogP) is 4.37. The average molecular weight is 626 g/mol. The van der Waals surface area contributed by atoms with Crippen LogP contribution in [0, 0.1) is 5.82 Å². The second-order valence-electron chi connectivity index (χ2n) is 10.5. The summed E-state index contributed by atoms with van der Waals surface area (Å²) in [7, 11) is 0. The average Bonchev–Trinajstić information content (AvgIpc) is 3.55. The van der Waals surface area contributed by atoms with Crippen LogP contribution in [0.25, 0.3) is 0 Å². The topological polar surface area (TPSA) is 149 Å². The third-order valence-electron chi connectivity index (χ3n) is 7.43. The number of nitrogens with zero attached hydrogens (tertiary/aromatic N) is 4. The Labute approximate surface area is 258 Å². The van der Waals surface area contributed by atoms with Crippen LogP contribution in [0.15, 0.2) is 48.7 Å². The molecule has 2 amide bonds. The van der Waals surface area contributed by atoms with Gasteiger partial charge in [-0.15, -0.1) is 0 Å². The van der Waals surface area contributed by atoms with Crippen molar-refractivity contribution in [3.63, 3.8) is 0 Å². The zero-order valence-electron chi connectivity index (χ0n) is 23.9. The van der Waals surface area contributed by atoms with Crippen molar-refractivity contribution in [1.82, 2.24) is 14.9 Å². The fraction of sp³-hybridized carbons (Fsp3) is 0.367. The highest BCUT2D eigenvalue weighted by atomic mass is 35.5. The molecular formula is C30H33ClFN7O5. The van der Waals surface area contributed by atoms with Crippen LogP contribution < -0.4 is 20.9 Å².